The van der Waals surface area contributed by atoms with E-state index in [-0.39, 0.29) is 5.82 Å². The molecular weight excluding hydrogens is 245 g/mol. The Hall–Kier alpha value is -1.95. The first-order valence-electron chi connectivity index (χ1n) is 6.37. The largest absolute Gasteiger partial charge is 0.337 e. The van der Waals surface area contributed by atoms with Gasteiger partial charge in [-0.05, 0) is 12.1 Å². The van der Waals surface area contributed by atoms with Crippen LogP contribution in [0.5, 0.6) is 0 Å². The minimum atomic E-state index is -0.260. The van der Waals surface area contributed by atoms with Crippen molar-refractivity contribution in [1.29, 1.82) is 0 Å². The van der Waals surface area contributed by atoms with Gasteiger partial charge in [0.15, 0.2) is 5.82 Å². The average Bonchev–Trinajstić information content (AvgIpc) is 2.82. The molecule has 1 aromatic heterocycles. The fourth-order valence-electron chi connectivity index (χ4n) is 2.25. The van der Waals surface area contributed by atoms with Crippen molar-refractivity contribution in [1.82, 2.24) is 20.1 Å². The summed E-state index contributed by atoms with van der Waals surface area (Å²) >= 11 is 0. The van der Waals surface area contributed by atoms with Crippen LogP contribution in [0.15, 0.2) is 24.3 Å². The van der Waals surface area contributed by atoms with Crippen molar-refractivity contribution in [2.24, 2.45) is 7.05 Å². The van der Waals surface area contributed by atoms with Gasteiger partial charge in [-0.25, -0.2) is 9.07 Å². The van der Waals surface area contributed by atoms with Gasteiger partial charge in [0.2, 0.25) is 5.95 Å². The van der Waals surface area contributed by atoms with E-state index in [2.05, 4.69) is 20.3 Å². The monoisotopic (exact) mass is 261 g/mol. The maximum absolute atomic E-state index is 13.3. The van der Waals surface area contributed by atoms with Gasteiger partial charge in [0.25, 0.3) is 0 Å². The van der Waals surface area contributed by atoms with Gasteiger partial charge >= 0.3 is 0 Å². The molecule has 1 N–H and O–H groups in total. The maximum atomic E-state index is 13.3. The van der Waals surface area contributed by atoms with E-state index in [0.29, 0.717) is 11.8 Å². The highest BCUT2D eigenvalue weighted by Gasteiger charge is 2.17. The van der Waals surface area contributed by atoms with Crippen LogP contribution in [-0.4, -0.2) is 40.9 Å². The van der Waals surface area contributed by atoms with E-state index < -0.39 is 0 Å². The second-order valence-corrected chi connectivity index (χ2v) is 4.61. The summed E-state index contributed by atoms with van der Waals surface area (Å²) < 4.78 is 15.0. The molecule has 0 unspecified atom stereocenters. The van der Waals surface area contributed by atoms with Gasteiger partial charge in [0.1, 0.15) is 5.82 Å². The summed E-state index contributed by atoms with van der Waals surface area (Å²) in [5.41, 5.74) is 0.747. The summed E-state index contributed by atoms with van der Waals surface area (Å²) in [7, 11) is 1.83. The average molecular weight is 261 g/mol. The molecule has 100 valence electrons. The summed E-state index contributed by atoms with van der Waals surface area (Å²) in [6.45, 7) is 3.67. The molecule has 0 aliphatic carbocycles. The molecule has 0 atom stereocenters. The molecular formula is C13H16FN5. The molecule has 0 saturated carbocycles. The molecule has 1 aromatic carbocycles. The van der Waals surface area contributed by atoms with Gasteiger partial charge in [0, 0.05) is 38.8 Å². The topological polar surface area (TPSA) is 46.0 Å². The predicted octanol–water partition coefficient (Wildman–Crippen LogP) is 1.03. The smallest absolute Gasteiger partial charge is 0.245 e. The zero-order valence-electron chi connectivity index (χ0n) is 10.8. The molecule has 5 nitrogen and oxygen atoms in total. The first-order valence-corrected chi connectivity index (χ1v) is 6.37. The molecule has 1 fully saturated rings. The van der Waals surface area contributed by atoms with Crippen molar-refractivity contribution in [3.05, 3.63) is 30.1 Å². The molecule has 1 aliphatic rings. The third-order valence-corrected chi connectivity index (χ3v) is 3.23. The van der Waals surface area contributed by atoms with Crippen molar-refractivity contribution >= 4 is 5.95 Å². The Labute approximate surface area is 111 Å². The molecule has 19 heavy (non-hydrogen) atoms. The molecule has 3 rings (SSSR count). The lowest BCUT2D eigenvalue weighted by molar-refractivity contribution is 0.578. The van der Waals surface area contributed by atoms with Gasteiger partial charge in [0.05, 0.1) is 0 Å². The lowest BCUT2D eigenvalue weighted by atomic mass is 10.2. The number of halogens is 1. The summed E-state index contributed by atoms with van der Waals surface area (Å²) in [6.07, 6.45) is 0. The molecule has 0 spiro atoms. The van der Waals surface area contributed by atoms with Crippen LogP contribution in [-0.2, 0) is 7.05 Å². The number of nitrogens with zero attached hydrogens (tertiary/aromatic N) is 4. The van der Waals surface area contributed by atoms with E-state index >= 15 is 0 Å². The van der Waals surface area contributed by atoms with Crippen LogP contribution in [0.3, 0.4) is 0 Å². The van der Waals surface area contributed by atoms with Crippen LogP contribution in [0.4, 0.5) is 10.3 Å². The number of aromatic nitrogens is 3. The first kappa shape index (κ1) is 12.1. The fraction of sp³-hybridized carbons (Fsp3) is 0.385. The summed E-state index contributed by atoms with van der Waals surface area (Å²) in [5.74, 6) is 1.14. The number of piperazine rings is 1. The summed E-state index contributed by atoms with van der Waals surface area (Å²) in [5, 5.41) is 7.71. The highest BCUT2D eigenvalue weighted by molar-refractivity contribution is 5.57. The number of aryl methyl sites for hydroxylation is 1. The van der Waals surface area contributed by atoms with E-state index in [4.69, 9.17) is 0 Å². The Balaban J connectivity index is 1.92. The number of rotatable bonds is 2. The standard InChI is InChI=1S/C13H16FN5/c1-18-12(10-3-2-4-11(14)9-10)16-13(17-18)19-7-5-15-6-8-19/h2-4,9,15H,5-8H2,1H3. The number of hydrogen-bond acceptors (Lipinski definition) is 4. The zero-order valence-corrected chi connectivity index (χ0v) is 10.8. The number of benzene rings is 1. The molecule has 1 saturated heterocycles. The van der Waals surface area contributed by atoms with E-state index in [1.165, 1.54) is 12.1 Å². The van der Waals surface area contributed by atoms with Gasteiger partial charge < -0.3 is 10.2 Å². The van der Waals surface area contributed by atoms with E-state index in [1.54, 1.807) is 10.7 Å². The normalized spacial score (nSPS) is 15.8. The molecule has 2 aromatic rings. The van der Waals surface area contributed by atoms with Crippen molar-refractivity contribution < 1.29 is 4.39 Å². The predicted molar refractivity (Wildman–Crippen MR) is 71.5 cm³/mol. The summed E-state index contributed by atoms with van der Waals surface area (Å²) in [4.78, 5) is 6.67. The van der Waals surface area contributed by atoms with Crippen LogP contribution in [0, 0.1) is 5.82 Å². The Bertz CT molecular complexity index is 574. The Kier molecular flexibility index (Phi) is 3.16. The van der Waals surface area contributed by atoms with Crippen molar-refractivity contribution in [2.75, 3.05) is 31.1 Å². The number of nitrogens with one attached hydrogen (secondary N) is 1. The zero-order chi connectivity index (χ0) is 13.2. The Morgan fingerprint density at radius 1 is 1.26 bits per heavy atom. The third kappa shape index (κ3) is 2.44. The SMILES string of the molecule is Cn1nc(N2CCNCC2)nc1-c1cccc(F)c1. The highest BCUT2D eigenvalue weighted by atomic mass is 19.1. The lowest BCUT2D eigenvalue weighted by Crippen LogP contribution is -2.44. The molecule has 0 amide bonds. The first-order chi connectivity index (χ1) is 9.24. The van der Waals surface area contributed by atoms with Crippen LogP contribution >= 0.6 is 0 Å². The Morgan fingerprint density at radius 2 is 2.05 bits per heavy atom. The highest BCUT2D eigenvalue weighted by Crippen LogP contribution is 2.20. The third-order valence-electron chi connectivity index (χ3n) is 3.23. The van der Waals surface area contributed by atoms with Crippen LogP contribution in [0.2, 0.25) is 0 Å². The second-order valence-electron chi connectivity index (χ2n) is 4.61. The Morgan fingerprint density at radius 3 is 2.79 bits per heavy atom. The molecule has 0 radical (unpaired) electrons. The second kappa shape index (κ2) is 4.97. The van der Waals surface area contributed by atoms with Crippen molar-refractivity contribution in [2.45, 2.75) is 0 Å². The van der Waals surface area contributed by atoms with Gasteiger partial charge in [-0.15, -0.1) is 5.10 Å². The van der Waals surface area contributed by atoms with E-state index in [1.807, 2.05) is 13.1 Å². The molecule has 2 heterocycles. The summed E-state index contributed by atoms with van der Waals surface area (Å²) in [6, 6.07) is 6.43. The minimum absolute atomic E-state index is 0.260. The molecule has 1 aliphatic heterocycles. The fourth-order valence-corrected chi connectivity index (χ4v) is 2.25. The minimum Gasteiger partial charge on any atom is -0.337 e. The van der Waals surface area contributed by atoms with Gasteiger partial charge in [-0.3, -0.25) is 0 Å². The quantitative estimate of drug-likeness (QED) is 0.877. The molecule has 6 heteroatoms. The number of anilines is 1. The van der Waals surface area contributed by atoms with Crippen LogP contribution in [0.1, 0.15) is 0 Å². The van der Waals surface area contributed by atoms with E-state index in [9.17, 15) is 4.39 Å². The van der Waals surface area contributed by atoms with Crippen molar-refractivity contribution in [3.63, 3.8) is 0 Å². The maximum Gasteiger partial charge on any atom is 0.245 e. The van der Waals surface area contributed by atoms with Crippen LogP contribution in [0.25, 0.3) is 11.4 Å². The van der Waals surface area contributed by atoms with Crippen molar-refractivity contribution in [3.8, 4) is 11.4 Å². The van der Waals surface area contributed by atoms with E-state index in [0.717, 1.165) is 31.7 Å². The number of hydrogen-bond donors (Lipinski definition) is 1. The van der Waals surface area contributed by atoms with Gasteiger partial charge in [-0.2, -0.15) is 4.98 Å². The lowest BCUT2D eigenvalue weighted by Gasteiger charge is -2.25. The van der Waals surface area contributed by atoms with Crippen LogP contribution < -0.4 is 10.2 Å². The molecule has 0 bridgehead atoms. The van der Waals surface area contributed by atoms with Gasteiger partial charge in [-0.1, -0.05) is 12.1 Å².